The number of aliphatic hydroxyl groups excluding tert-OH is 1. The molecule has 2 aliphatic heterocycles. The molecule has 2 saturated heterocycles. The Bertz CT molecular complexity index is 609. The van der Waals surface area contributed by atoms with Gasteiger partial charge in [-0.15, -0.1) is 0 Å². The highest BCUT2D eigenvalue weighted by Gasteiger charge is 2.46. The van der Waals surface area contributed by atoms with Crippen molar-refractivity contribution in [1.82, 2.24) is 14.7 Å². The topological polar surface area (TPSA) is 50.5 Å². The molecule has 2 atom stereocenters. The first-order valence-corrected chi connectivity index (χ1v) is 9.67. The van der Waals surface area contributed by atoms with Crippen LogP contribution < -0.4 is 0 Å². The van der Waals surface area contributed by atoms with Gasteiger partial charge in [-0.2, -0.15) is 5.10 Å². The molecule has 1 spiro atoms. The molecule has 0 unspecified atom stereocenters. The van der Waals surface area contributed by atoms with Crippen LogP contribution in [-0.2, 0) is 18.3 Å². The maximum absolute atomic E-state index is 10.4. The van der Waals surface area contributed by atoms with Crippen LogP contribution in [0.1, 0.15) is 63.4 Å². The summed E-state index contributed by atoms with van der Waals surface area (Å²) in [6, 6.07) is 0. The van der Waals surface area contributed by atoms with Gasteiger partial charge in [0.15, 0.2) is 0 Å². The number of nitrogens with zero attached hydrogens (tertiary/aromatic N) is 3. The molecule has 3 rings (SSSR count). The molecule has 0 saturated carbocycles. The fourth-order valence-electron chi connectivity index (χ4n) is 4.40. The average molecular weight is 350 g/mol. The monoisotopic (exact) mass is 349 g/mol. The van der Waals surface area contributed by atoms with Crippen molar-refractivity contribution in [1.29, 1.82) is 0 Å². The largest absolute Gasteiger partial charge is 0.393 e. The smallest absolute Gasteiger partial charge is 0.0735 e. The van der Waals surface area contributed by atoms with E-state index in [-0.39, 0.29) is 23.2 Å². The second kappa shape index (κ2) is 6.67. The number of ether oxygens (including phenoxy) is 1. The summed E-state index contributed by atoms with van der Waals surface area (Å²) in [5.74, 6) is 0. The lowest BCUT2D eigenvalue weighted by Gasteiger charge is -2.50. The molecule has 2 aliphatic rings. The van der Waals surface area contributed by atoms with Crippen LogP contribution in [0.5, 0.6) is 0 Å². The van der Waals surface area contributed by atoms with Gasteiger partial charge in [0.25, 0.3) is 0 Å². The van der Waals surface area contributed by atoms with Crippen molar-refractivity contribution in [3.63, 3.8) is 0 Å². The van der Waals surface area contributed by atoms with E-state index in [1.54, 1.807) is 0 Å². The second-order valence-corrected chi connectivity index (χ2v) is 9.30. The van der Waals surface area contributed by atoms with E-state index in [4.69, 9.17) is 4.74 Å². The van der Waals surface area contributed by atoms with Crippen LogP contribution in [0.4, 0.5) is 0 Å². The lowest BCUT2D eigenvalue weighted by molar-refractivity contribution is -0.208. The number of aliphatic hydroxyl groups is 1. The van der Waals surface area contributed by atoms with Crippen molar-refractivity contribution in [2.75, 3.05) is 13.1 Å². The zero-order chi connectivity index (χ0) is 18.4. The van der Waals surface area contributed by atoms with Crippen LogP contribution in [0, 0.1) is 19.3 Å². The lowest BCUT2D eigenvalue weighted by atomic mass is 9.76. The fourth-order valence-corrected chi connectivity index (χ4v) is 4.40. The molecule has 142 valence electrons. The van der Waals surface area contributed by atoms with E-state index in [1.165, 1.54) is 11.3 Å². The number of piperidine rings is 1. The van der Waals surface area contributed by atoms with E-state index in [1.807, 2.05) is 11.7 Å². The number of likely N-dealkylation sites (tertiary alicyclic amines) is 1. The van der Waals surface area contributed by atoms with E-state index < -0.39 is 0 Å². The first-order chi connectivity index (χ1) is 11.6. The number of aryl methyl sites for hydroxylation is 2. The molecule has 0 bridgehead atoms. The Kier molecular flexibility index (Phi) is 5.04. The third kappa shape index (κ3) is 3.93. The summed E-state index contributed by atoms with van der Waals surface area (Å²) in [6.07, 6.45) is 3.49. The summed E-state index contributed by atoms with van der Waals surface area (Å²) in [5, 5.41) is 15.0. The number of hydrogen-bond acceptors (Lipinski definition) is 4. The molecule has 0 amide bonds. The maximum atomic E-state index is 10.4. The highest BCUT2D eigenvalue weighted by molar-refractivity contribution is 5.24. The number of rotatable bonds is 2. The Hall–Kier alpha value is -0.910. The van der Waals surface area contributed by atoms with E-state index in [2.05, 4.69) is 44.6 Å². The molecule has 3 heterocycles. The number of hydrogen-bond donors (Lipinski definition) is 1. The van der Waals surface area contributed by atoms with Crippen LogP contribution in [0.15, 0.2) is 0 Å². The minimum absolute atomic E-state index is 0.0788. The Labute approximate surface area is 152 Å². The molecule has 5 nitrogen and oxygen atoms in total. The Morgan fingerprint density at radius 1 is 1.24 bits per heavy atom. The van der Waals surface area contributed by atoms with E-state index in [9.17, 15) is 5.11 Å². The molecule has 0 radical (unpaired) electrons. The molecule has 0 aromatic carbocycles. The maximum Gasteiger partial charge on any atom is 0.0735 e. The zero-order valence-corrected chi connectivity index (χ0v) is 16.8. The third-order valence-corrected chi connectivity index (χ3v) is 6.26. The van der Waals surface area contributed by atoms with Crippen LogP contribution in [0.2, 0.25) is 0 Å². The standard InChI is InChI=1S/C20H35N3O2/c1-14-17(15(2)22(6)21-14)13-23-9-7-20(8-10-23)12-16(24)11-18(25-20)19(3,4)5/h16,18,24H,7-13H2,1-6H3/t16-,18-/m1/s1. The Morgan fingerprint density at radius 2 is 1.88 bits per heavy atom. The molecule has 25 heavy (non-hydrogen) atoms. The van der Waals surface area contributed by atoms with Gasteiger partial charge in [-0.25, -0.2) is 0 Å². The molecular weight excluding hydrogens is 314 g/mol. The minimum Gasteiger partial charge on any atom is -0.393 e. The normalized spacial score (nSPS) is 27.8. The predicted molar refractivity (Wildman–Crippen MR) is 99.5 cm³/mol. The summed E-state index contributed by atoms with van der Waals surface area (Å²) in [5.41, 5.74) is 3.70. The van der Waals surface area contributed by atoms with Gasteiger partial charge in [0.1, 0.15) is 0 Å². The molecule has 0 aliphatic carbocycles. The van der Waals surface area contributed by atoms with Gasteiger partial charge in [0.2, 0.25) is 0 Å². The summed E-state index contributed by atoms with van der Waals surface area (Å²) in [7, 11) is 2.01. The van der Waals surface area contributed by atoms with Crippen molar-refractivity contribution < 1.29 is 9.84 Å². The minimum atomic E-state index is -0.229. The van der Waals surface area contributed by atoms with Crippen molar-refractivity contribution in [3.8, 4) is 0 Å². The van der Waals surface area contributed by atoms with Gasteiger partial charge < -0.3 is 9.84 Å². The van der Waals surface area contributed by atoms with Crippen LogP contribution in [0.3, 0.4) is 0 Å². The molecule has 1 aromatic heterocycles. The van der Waals surface area contributed by atoms with Gasteiger partial charge in [-0.05, 0) is 32.1 Å². The van der Waals surface area contributed by atoms with Gasteiger partial charge in [0.05, 0.1) is 23.5 Å². The van der Waals surface area contributed by atoms with E-state index in [0.29, 0.717) is 0 Å². The quantitative estimate of drug-likeness (QED) is 0.892. The first-order valence-electron chi connectivity index (χ1n) is 9.67. The highest BCUT2D eigenvalue weighted by atomic mass is 16.5. The summed E-state index contributed by atoms with van der Waals surface area (Å²) < 4.78 is 8.57. The average Bonchev–Trinajstić information content (AvgIpc) is 2.74. The summed E-state index contributed by atoms with van der Waals surface area (Å²) >= 11 is 0. The third-order valence-electron chi connectivity index (χ3n) is 6.26. The SMILES string of the molecule is Cc1nn(C)c(C)c1CN1CCC2(CC1)C[C@H](O)C[C@H](C(C)(C)C)O2. The van der Waals surface area contributed by atoms with Crippen LogP contribution >= 0.6 is 0 Å². The Balaban J connectivity index is 1.64. The van der Waals surface area contributed by atoms with E-state index in [0.717, 1.165) is 51.0 Å². The highest BCUT2D eigenvalue weighted by Crippen LogP contribution is 2.42. The molecule has 5 heteroatoms. The van der Waals surface area contributed by atoms with Gasteiger partial charge in [-0.1, -0.05) is 20.8 Å². The van der Waals surface area contributed by atoms with Crippen molar-refractivity contribution in [3.05, 3.63) is 17.0 Å². The van der Waals surface area contributed by atoms with Gasteiger partial charge in [0, 0.05) is 50.8 Å². The van der Waals surface area contributed by atoms with Gasteiger partial charge >= 0.3 is 0 Å². The van der Waals surface area contributed by atoms with Crippen LogP contribution in [0.25, 0.3) is 0 Å². The van der Waals surface area contributed by atoms with Crippen molar-refractivity contribution in [2.45, 2.75) is 84.7 Å². The molecule has 1 aromatic rings. The molecule has 1 N–H and O–H groups in total. The van der Waals surface area contributed by atoms with Crippen molar-refractivity contribution >= 4 is 0 Å². The molecule has 2 fully saturated rings. The fraction of sp³-hybridized carbons (Fsp3) is 0.850. The van der Waals surface area contributed by atoms with Gasteiger partial charge in [-0.3, -0.25) is 9.58 Å². The first kappa shape index (κ1) is 18.9. The zero-order valence-electron chi connectivity index (χ0n) is 16.8. The van der Waals surface area contributed by atoms with Crippen LogP contribution in [-0.4, -0.2) is 50.7 Å². The predicted octanol–water partition coefficient (Wildman–Crippen LogP) is 2.96. The lowest BCUT2D eigenvalue weighted by Crippen LogP contribution is -2.55. The molecular formula is C20H35N3O2. The van der Waals surface area contributed by atoms with E-state index >= 15 is 0 Å². The van der Waals surface area contributed by atoms with Crippen molar-refractivity contribution in [2.24, 2.45) is 12.5 Å². The summed E-state index contributed by atoms with van der Waals surface area (Å²) in [6.45, 7) is 13.9. The summed E-state index contributed by atoms with van der Waals surface area (Å²) in [4.78, 5) is 2.51. The second-order valence-electron chi connectivity index (χ2n) is 9.30. The number of aromatic nitrogens is 2. The Morgan fingerprint density at radius 3 is 2.40 bits per heavy atom.